The van der Waals surface area contributed by atoms with Crippen LogP contribution in [0.5, 0.6) is 5.75 Å². The first kappa shape index (κ1) is 14.0. The minimum atomic E-state index is 0.171. The van der Waals surface area contributed by atoms with E-state index in [0.29, 0.717) is 0 Å². The van der Waals surface area contributed by atoms with Crippen LogP contribution in [0.2, 0.25) is 0 Å². The average Bonchev–Trinajstić information content (AvgIpc) is 2.30. The molecule has 0 aliphatic heterocycles. The van der Waals surface area contributed by atoms with E-state index in [-0.39, 0.29) is 18.8 Å². The van der Waals surface area contributed by atoms with Crippen LogP contribution in [0.4, 0.5) is 0 Å². The summed E-state index contributed by atoms with van der Waals surface area (Å²) in [6.45, 7) is 7.03. The quantitative estimate of drug-likeness (QED) is 0.765. The maximum atomic E-state index is 9.09. The molecule has 0 saturated heterocycles. The zero-order valence-electron chi connectivity index (χ0n) is 10.9. The normalized spacial score (nSPS) is 12.8. The summed E-state index contributed by atoms with van der Waals surface area (Å²) < 4.78 is 5.64. The first-order valence-corrected chi connectivity index (χ1v) is 6.25. The van der Waals surface area contributed by atoms with Crippen LogP contribution >= 0.6 is 0 Å². The Kier molecular flexibility index (Phi) is 6.01. The maximum absolute atomic E-state index is 9.09. The van der Waals surface area contributed by atoms with Gasteiger partial charge in [-0.15, -0.1) is 0 Å². The van der Waals surface area contributed by atoms with Crippen LogP contribution in [-0.4, -0.2) is 23.9 Å². The van der Waals surface area contributed by atoms with Crippen molar-refractivity contribution in [2.24, 2.45) is 0 Å². The van der Waals surface area contributed by atoms with Crippen molar-refractivity contribution in [1.29, 1.82) is 0 Å². The van der Waals surface area contributed by atoms with E-state index in [4.69, 9.17) is 9.84 Å². The molecule has 0 spiro atoms. The molecule has 0 radical (unpaired) electrons. The van der Waals surface area contributed by atoms with Crippen molar-refractivity contribution in [2.75, 3.05) is 6.61 Å². The molecule has 0 amide bonds. The van der Waals surface area contributed by atoms with Gasteiger partial charge in [0.05, 0.1) is 12.7 Å². The Labute approximate surface area is 104 Å². The van der Waals surface area contributed by atoms with Crippen molar-refractivity contribution in [3.05, 3.63) is 29.8 Å². The van der Waals surface area contributed by atoms with Crippen molar-refractivity contribution >= 4 is 0 Å². The minimum absolute atomic E-state index is 0.171. The molecule has 96 valence electrons. The number of hydrogen-bond acceptors (Lipinski definition) is 3. The summed E-state index contributed by atoms with van der Waals surface area (Å²) in [4.78, 5) is 0. The van der Waals surface area contributed by atoms with Gasteiger partial charge in [0.2, 0.25) is 0 Å². The van der Waals surface area contributed by atoms with E-state index in [9.17, 15) is 0 Å². The highest BCUT2D eigenvalue weighted by atomic mass is 16.5. The zero-order chi connectivity index (χ0) is 12.7. The summed E-state index contributed by atoms with van der Waals surface area (Å²) in [6, 6.07) is 8.23. The van der Waals surface area contributed by atoms with Gasteiger partial charge in [0.15, 0.2) is 0 Å². The summed E-state index contributed by atoms with van der Waals surface area (Å²) in [5.41, 5.74) is 1.18. The van der Waals surface area contributed by atoms with Crippen molar-refractivity contribution in [3.63, 3.8) is 0 Å². The van der Waals surface area contributed by atoms with Crippen LogP contribution in [0.25, 0.3) is 0 Å². The monoisotopic (exact) mass is 237 g/mol. The van der Waals surface area contributed by atoms with Gasteiger partial charge in [-0.05, 0) is 38.0 Å². The molecule has 0 fully saturated rings. The number of hydrogen-bond donors (Lipinski definition) is 2. The van der Waals surface area contributed by atoms with Gasteiger partial charge in [-0.2, -0.15) is 0 Å². The molecule has 0 aliphatic carbocycles. The van der Waals surface area contributed by atoms with Crippen LogP contribution in [0.3, 0.4) is 0 Å². The van der Waals surface area contributed by atoms with Gasteiger partial charge < -0.3 is 15.2 Å². The molecule has 1 aromatic rings. The van der Waals surface area contributed by atoms with Crippen molar-refractivity contribution in [3.8, 4) is 5.75 Å². The van der Waals surface area contributed by atoms with Crippen LogP contribution < -0.4 is 10.1 Å². The van der Waals surface area contributed by atoms with E-state index in [2.05, 4.69) is 18.3 Å². The standard InChI is InChI=1S/C14H23NO2/c1-4-13(10-16)15-9-12-6-5-7-14(8-12)17-11(2)3/h5-8,11,13,15-16H,4,9-10H2,1-3H3/t13-/m0/s1. The second kappa shape index (κ2) is 7.30. The number of nitrogens with one attached hydrogen (secondary N) is 1. The molecule has 1 aromatic carbocycles. The SMILES string of the molecule is CC[C@@H](CO)NCc1cccc(OC(C)C)c1. The van der Waals surface area contributed by atoms with Gasteiger partial charge in [-0.25, -0.2) is 0 Å². The van der Waals surface area contributed by atoms with Gasteiger partial charge in [0.25, 0.3) is 0 Å². The molecule has 0 heterocycles. The second-order valence-electron chi connectivity index (χ2n) is 4.48. The summed E-state index contributed by atoms with van der Waals surface area (Å²) in [7, 11) is 0. The van der Waals surface area contributed by atoms with Crippen molar-refractivity contribution < 1.29 is 9.84 Å². The van der Waals surface area contributed by atoms with Crippen molar-refractivity contribution in [2.45, 2.75) is 45.9 Å². The summed E-state index contributed by atoms with van der Waals surface area (Å²) in [5, 5.41) is 12.4. The highest BCUT2D eigenvalue weighted by Crippen LogP contribution is 2.14. The first-order chi connectivity index (χ1) is 8.15. The predicted octanol–water partition coefficient (Wildman–Crippen LogP) is 2.33. The first-order valence-electron chi connectivity index (χ1n) is 6.25. The van der Waals surface area contributed by atoms with Gasteiger partial charge >= 0.3 is 0 Å². The summed E-state index contributed by atoms with van der Waals surface area (Å²) >= 11 is 0. The molecule has 0 aliphatic rings. The number of aliphatic hydroxyl groups is 1. The Bertz CT molecular complexity index is 322. The molecular formula is C14H23NO2. The molecule has 0 bridgehead atoms. The molecule has 0 aromatic heterocycles. The van der Waals surface area contributed by atoms with E-state index in [0.717, 1.165) is 18.7 Å². The number of rotatable bonds is 7. The third kappa shape index (κ3) is 5.20. The zero-order valence-corrected chi connectivity index (χ0v) is 10.9. The number of ether oxygens (including phenoxy) is 1. The molecule has 0 unspecified atom stereocenters. The highest BCUT2D eigenvalue weighted by molar-refractivity contribution is 5.28. The fourth-order valence-corrected chi connectivity index (χ4v) is 1.60. The van der Waals surface area contributed by atoms with E-state index in [1.54, 1.807) is 0 Å². The number of benzene rings is 1. The van der Waals surface area contributed by atoms with Gasteiger partial charge in [0, 0.05) is 12.6 Å². The van der Waals surface area contributed by atoms with E-state index >= 15 is 0 Å². The lowest BCUT2D eigenvalue weighted by molar-refractivity contribution is 0.237. The lowest BCUT2D eigenvalue weighted by atomic mass is 10.2. The van der Waals surface area contributed by atoms with Gasteiger partial charge in [-0.1, -0.05) is 19.1 Å². The largest absolute Gasteiger partial charge is 0.491 e. The Morgan fingerprint density at radius 1 is 1.35 bits per heavy atom. The highest BCUT2D eigenvalue weighted by Gasteiger charge is 2.04. The summed E-state index contributed by atoms with van der Waals surface area (Å²) in [5.74, 6) is 0.899. The van der Waals surface area contributed by atoms with E-state index in [1.807, 2.05) is 32.0 Å². The lowest BCUT2D eigenvalue weighted by Crippen LogP contribution is -2.31. The van der Waals surface area contributed by atoms with E-state index in [1.165, 1.54) is 5.56 Å². The molecule has 1 rings (SSSR count). The molecule has 0 saturated carbocycles. The van der Waals surface area contributed by atoms with Gasteiger partial charge in [0.1, 0.15) is 5.75 Å². The molecular weight excluding hydrogens is 214 g/mol. The van der Waals surface area contributed by atoms with Gasteiger partial charge in [-0.3, -0.25) is 0 Å². The van der Waals surface area contributed by atoms with Crippen LogP contribution in [0.1, 0.15) is 32.8 Å². The number of aliphatic hydroxyl groups excluding tert-OH is 1. The molecule has 17 heavy (non-hydrogen) atoms. The third-order valence-electron chi connectivity index (χ3n) is 2.58. The minimum Gasteiger partial charge on any atom is -0.491 e. The van der Waals surface area contributed by atoms with Crippen LogP contribution in [0.15, 0.2) is 24.3 Å². The van der Waals surface area contributed by atoms with Crippen LogP contribution in [-0.2, 0) is 6.54 Å². The Hall–Kier alpha value is -1.06. The molecule has 2 N–H and O–H groups in total. The van der Waals surface area contributed by atoms with Crippen LogP contribution in [0, 0.1) is 0 Å². The molecule has 1 atom stereocenters. The lowest BCUT2D eigenvalue weighted by Gasteiger charge is -2.15. The molecule has 3 heteroatoms. The Morgan fingerprint density at radius 3 is 2.71 bits per heavy atom. The summed E-state index contributed by atoms with van der Waals surface area (Å²) in [6.07, 6.45) is 1.12. The average molecular weight is 237 g/mol. The molecule has 3 nitrogen and oxygen atoms in total. The Balaban J connectivity index is 2.53. The maximum Gasteiger partial charge on any atom is 0.120 e. The smallest absolute Gasteiger partial charge is 0.120 e. The predicted molar refractivity (Wildman–Crippen MR) is 70.2 cm³/mol. The second-order valence-corrected chi connectivity index (χ2v) is 4.48. The fraction of sp³-hybridized carbons (Fsp3) is 0.571. The third-order valence-corrected chi connectivity index (χ3v) is 2.58. The van der Waals surface area contributed by atoms with Crippen molar-refractivity contribution in [1.82, 2.24) is 5.32 Å². The topological polar surface area (TPSA) is 41.5 Å². The Morgan fingerprint density at radius 2 is 2.12 bits per heavy atom. The fourth-order valence-electron chi connectivity index (χ4n) is 1.60. The van der Waals surface area contributed by atoms with E-state index < -0.39 is 0 Å².